The number of ether oxygens (including phenoxy) is 1. The molecule has 19 heavy (non-hydrogen) atoms. The Balaban J connectivity index is 1.76. The summed E-state index contributed by atoms with van der Waals surface area (Å²) in [6, 6.07) is 10.5. The Kier molecular flexibility index (Phi) is 3.76. The average molecular weight is 260 g/mol. The molecule has 0 spiro atoms. The summed E-state index contributed by atoms with van der Waals surface area (Å²) in [7, 11) is 1.72. The van der Waals surface area contributed by atoms with Crippen molar-refractivity contribution in [1.82, 2.24) is 10.2 Å². The van der Waals surface area contributed by atoms with E-state index in [2.05, 4.69) is 41.4 Å². The highest BCUT2D eigenvalue weighted by Crippen LogP contribution is 2.33. The second-order valence-corrected chi connectivity index (χ2v) is 5.75. The van der Waals surface area contributed by atoms with Crippen LogP contribution in [0.2, 0.25) is 0 Å². The molecule has 1 heterocycles. The predicted molar refractivity (Wildman–Crippen MR) is 77.5 cm³/mol. The second-order valence-electron chi connectivity index (χ2n) is 5.75. The molecule has 3 heteroatoms. The predicted octanol–water partition coefficient (Wildman–Crippen LogP) is 2.58. The molecule has 1 N–H and O–H groups in total. The third-order valence-electron chi connectivity index (χ3n) is 4.78. The van der Waals surface area contributed by atoms with Crippen LogP contribution in [0.25, 0.3) is 0 Å². The van der Waals surface area contributed by atoms with Gasteiger partial charge in [0.1, 0.15) is 5.75 Å². The number of hydrogen-bond acceptors (Lipinski definition) is 3. The lowest BCUT2D eigenvalue weighted by Crippen LogP contribution is -2.55. The molecule has 0 amide bonds. The summed E-state index contributed by atoms with van der Waals surface area (Å²) in [6.07, 6.45) is 4.06. The number of fused-ring (bicyclic) bond motifs is 1. The number of methoxy groups -OCH3 is 1. The summed E-state index contributed by atoms with van der Waals surface area (Å²) in [6.45, 7) is 4.62. The molecule has 3 rings (SSSR count). The quantitative estimate of drug-likeness (QED) is 0.904. The Bertz CT molecular complexity index is 417. The van der Waals surface area contributed by atoms with Crippen molar-refractivity contribution >= 4 is 0 Å². The summed E-state index contributed by atoms with van der Waals surface area (Å²) in [5, 5.41) is 3.67. The molecule has 1 aromatic carbocycles. The van der Waals surface area contributed by atoms with E-state index in [-0.39, 0.29) is 0 Å². The van der Waals surface area contributed by atoms with Crippen LogP contribution < -0.4 is 10.1 Å². The molecule has 0 bridgehead atoms. The van der Waals surface area contributed by atoms with Gasteiger partial charge in [0.2, 0.25) is 0 Å². The zero-order valence-electron chi connectivity index (χ0n) is 11.9. The lowest BCUT2D eigenvalue weighted by Gasteiger charge is -2.42. The van der Waals surface area contributed by atoms with Gasteiger partial charge in [-0.05, 0) is 37.5 Å². The van der Waals surface area contributed by atoms with E-state index in [1.807, 2.05) is 0 Å². The van der Waals surface area contributed by atoms with Crippen molar-refractivity contribution in [2.24, 2.45) is 0 Å². The summed E-state index contributed by atoms with van der Waals surface area (Å²) in [5.74, 6) is 0.940. The molecule has 3 atom stereocenters. The maximum atomic E-state index is 5.24. The monoisotopic (exact) mass is 260 g/mol. The van der Waals surface area contributed by atoms with E-state index in [4.69, 9.17) is 4.74 Å². The maximum absolute atomic E-state index is 5.24. The molecular formula is C16H24N2O. The molecule has 104 valence electrons. The van der Waals surface area contributed by atoms with Crippen LogP contribution >= 0.6 is 0 Å². The summed E-state index contributed by atoms with van der Waals surface area (Å²) in [5.41, 5.74) is 1.40. The normalized spacial score (nSPS) is 28.9. The lowest BCUT2D eigenvalue weighted by molar-refractivity contribution is 0.0951. The minimum absolute atomic E-state index is 0.499. The third-order valence-corrected chi connectivity index (χ3v) is 4.78. The molecule has 1 aliphatic carbocycles. The molecule has 1 aromatic rings. The highest BCUT2D eigenvalue weighted by molar-refractivity contribution is 5.29. The van der Waals surface area contributed by atoms with E-state index in [9.17, 15) is 0 Å². The standard InChI is InChI=1S/C16H24N2O/c1-12(13-6-8-14(19-2)9-7-13)18-11-10-17-15-4-3-5-16(15)18/h6-9,12,15-17H,3-5,10-11H2,1-2H3/t12-,15-,16-/m0/s1. The number of nitrogens with zero attached hydrogens (tertiary/aromatic N) is 1. The zero-order valence-corrected chi connectivity index (χ0v) is 11.9. The first kappa shape index (κ1) is 12.9. The Hall–Kier alpha value is -1.06. The molecule has 0 radical (unpaired) electrons. The fourth-order valence-electron chi connectivity index (χ4n) is 3.68. The fraction of sp³-hybridized carbons (Fsp3) is 0.625. The Morgan fingerprint density at radius 3 is 2.79 bits per heavy atom. The SMILES string of the molecule is COc1ccc([C@H](C)N2CCN[C@H]3CCC[C@@H]32)cc1. The van der Waals surface area contributed by atoms with Crippen LogP contribution in [0.5, 0.6) is 5.75 Å². The van der Waals surface area contributed by atoms with E-state index < -0.39 is 0 Å². The molecule has 0 aromatic heterocycles. The van der Waals surface area contributed by atoms with Crippen molar-refractivity contribution in [2.45, 2.75) is 44.3 Å². The van der Waals surface area contributed by atoms with E-state index >= 15 is 0 Å². The molecule has 1 aliphatic heterocycles. The number of nitrogens with one attached hydrogen (secondary N) is 1. The first-order valence-electron chi connectivity index (χ1n) is 7.42. The summed E-state index contributed by atoms with van der Waals surface area (Å²) < 4.78 is 5.24. The van der Waals surface area contributed by atoms with E-state index in [0.717, 1.165) is 30.9 Å². The molecule has 1 saturated heterocycles. The van der Waals surface area contributed by atoms with Crippen LogP contribution in [-0.2, 0) is 0 Å². The van der Waals surface area contributed by atoms with Gasteiger partial charge in [0.05, 0.1) is 7.11 Å². The molecule has 2 fully saturated rings. The van der Waals surface area contributed by atoms with Gasteiger partial charge >= 0.3 is 0 Å². The molecule has 1 saturated carbocycles. The smallest absolute Gasteiger partial charge is 0.118 e. The van der Waals surface area contributed by atoms with E-state index in [0.29, 0.717) is 6.04 Å². The minimum atomic E-state index is 0.499. The number of benzene rings is 1. The zero-order chi connectivity index (χ0) is 13.2. The number of hydrogen-bond donors (Lipinski definition) is 1. The van der Waals surface area contributed by atoms with Crippen LogP contribution in [-0.4, -0.2) is 37.2 Å². The first-order valence-corrected chi connectivity index (χ1v) is 7.42. The van der Waals surface area contributed by atoms with Crippen LogP contribution in [0.1, 0.15) is 37.8 Å². The summed E-state index contributed by atoms with van der Waals surface area (Å²) in [4.78, 5) is 2.69. The fourth-order valence-corrected chi connectivity index (χ4v) is 3.68. The Morgan fingerprint density at radius 2 is 2.05 bits per heavy atom. The highest BCUT2D eigenvalue weighted by Gasteiger charge is 2.37. The third kappa shape index (κ3) is 2.49. The minimum Gasteiger partial charge on any atom is -0.497 e. The van der Waals surface area contributed by atoms with E-state index in [1.165, 1.54) is 24.8 Å². The van der Waals surface area contributed by atoms with E-state index in [1.54, 1.807) is 7.11 Å². The molecule has 2 aliphatic rings. The second kappa shape index (κ2) is 5.51. The van der Waals surface area contributed by atoms with Gasteiger partial charge in [-0.25, -0.2) is 0 Å². The van der Waals surface area contributed by atoms with Gasteiger partial charge in [-0.2, -0.15) is 0 Å². The first-order chi connectivity index (χ1) is 9.29. The largest absolute Gasteiger partial charge is 0.497 e. The van der Waals surface area contributed by atoms with Gasteiger partial charge in [0, 0.05) is 31.2 Å². The van der Waals surface area contributed by atoms with Crippen LogP contribution in [0.3, 0.4) is 0 Å². The highest BCUT2D eigenvalue weighted by atomic mass is 16.5. The molecule has 0 unspecified atom stereocenters. The van der Waals surface area contributed by atoms with Crippen LogP contribution in [0.4, 0.5) is 0 Å². The summed E-state index contributed by atoms with van der Waals surface area (Å²) >= 11 is 0. The van der Waals surface area contributed by atoms with Gasteiger partial charge < -0.3 is 10.1 Å². The van der Waals surface area contributed by atoms with Crippen molar-refractivity contribution in [3.05, 3.63) is 29.8 Å². The molecular weight excluding hydrogens is 236 g/mol. The number of piperazine rings is 1. The Labute approximate surface area is 115 Å². The van der Waals surface area contributed by atoms with Crippen molar-refractivity contribution in [3.63, 3.8) is 0 Å². The molecule has 3 nitrogen and oxygen atoms in total. The van der Waals surface area contributed by atoms with Crippen LogP contribution in [0, 0.1) is 0 Å². The topological polar surface area (TPSA) is 24.5 Å². The van der Waals surface area contributed by atoms with Gasteiger partial charge in [0.15, 0.2) is 0 Å². The average Bonchev–Trinajstić information content (AvgIpc) is 2.95. The van der Waals surface area contributed by atoms with Crippen molar-refractivity contribution < 1.29 is 4.74 Å². The van der Waals surface area contributed by atoms with Gasteiger partial charge in [0.25, 0.3) is 0 Å². The van der Waals surface area contributed by atoms with Gasteiger partial charge in [-0.1, -0.05) is 18.6 Å². The van der Waals surface area contributed by atoms with Crippen molar-refractivity contribution in [2.75, 3.05) is 20.2 Å². The van der Waals surface area contributed by atoms with Crippen molar-refractivity contribution in [1.29, 1.82) is 0 Å². The van der Waals surface area contributed by atoms with Crippen molar-refractivity contribution in [3.8, 4) is 5.75 Å². The number of rotatable bonds is 3. The Morgan fingerprint density at radius 1 is 1.26 bits per heavy atom. The van der Waals surface area contributed by atoms with Gasteiger partial charge in [-0.15, -0.1) is 0 Å². The van der Waals surface area contributed by atoms with Crippen LogP contribution in [0.15, 0.2) is 24.3 Å². The van der Waals surface area contributed by atoms with Gasteiger partial charge in [-0.3, -0.25) is 4.90 Å². The lowest BCUT2D eigenvalue weighted by atomic mass is 10.0. The maximum Gasteiger partial charge on any atom is 0.118 e.